The van der Waals surface area contributed by atoms with Gasteiger partial charge in [-0.25, -0.2) is 9.78 Å². The van der Waals surface area contributed by atoms with Gasteiger partial charge in [-0.3, -0.25) is 14.4 Å². The third-order valence-electron chi connectivity index (χ3n) is 11.4. The number of carbonyl (C=O) groups is 4. The molecule has 3 amide bonds. The maximum atomic E-state index is 14.4. The highest BCUT2D eigenvalue weighted by Crippen LogP contribution is 2.44. The Morgan fingerprint density at radius 2 is 1.49 bits per heavy atom. The van der Waals surface area contributed by atoms with Crippen molar-refractivity contribution in [1.29, 1.82) is 0 Å². The van der Waals surface area contributed by atoms with E-state index in [1.54, 1.807) is 24.3 Å². The molecule has 11 nitrogen and oxygen atoms in total. The Labute approximate surface area is 352 Å². The van der Waals surface area contributed by atoms with Gasteiger partial charge in [-0.1, -0.05) is 127 Å². The Kier molecular flexibility index (Phi) is 16.2. The first-order valence-electron chi connectivity index (χ1n) is 20.8. The largest absolute Gasteiger partial charge is 0.481 e. The first-order chi connectivity index (χ1) is 28.3. The van der Waals surface area contributed by atoms with E-state index in [4.69, 9.17) is 14.5 Å². The second-order valence-corrected chi connectivity index (χ2v) is 17.0. The van der Waals surface area contributed by atoms with Crippen LogP contribution in [0.25, 0.3) is 11.1 Å². The standard InChI is InChI=1S/C47H60N4O7S/c1-8-23-57-41(44-49-39(28-59-44)43(52)48-33(24-31(6)46(54)55)25-32-17-11-10-12-18-32)26-40(29(3)4)51(7)45(53)42(30(5)9-2)50-47(56)58-27-38-36-21-15-13-19-34(36)35-20-14-16-22-37(35)38/h10-22,28-31,33,38,40-42H,8-9,23-27H2,1-7H3,(H,48,52)(H,50,56)(H,54,55)/t30-,31?,33?,40+,41+,42-/m0/s1. The van der Waals surface area contributed by atoms with Crippen molar-refractivity contribution in [1.82, 2.24) is 20.5 Å². The Morgan fingerprint density at radius 1 is 0.864 bits per heavy atom. The summed E-state index contributed by atoms with van der Waals surface area (Å²) in [7, 11) is 1.77. The predicted octanol–water partition coefficient (Wildman–Crippen LogP) is 8.89. The normalized spacial score (nSPS) is 15.3. The zero-order valence-corrected chi connectivity index (χ0v) is 36.2. The van der Waals surface area contributed by atoms with Crippen LogP contribution in [-0.2, 0) is 25.5 Å². The molecule has 3 N–H and O–H groups in total. The lowest BCUT2D eigenvalue weighted by Crippen LogP contribution is -2.54. The van der Waals surface area contributed by atoms with Gasteiger partial charge in [0.15, 0.2) is 0 Å². The van der Waals surface area contributed by atoms with Gasteiger partial charge in [0.05, 0.1) is 5.92 Å². The molecule has 1 aromatic heterocycles. The lowest BCUT2D eigenvalue weighted by atomic mass is 9.93. The zero-order chi connectivity index (χ0) is 42.6. The number of ether oxygens (including phenoxy) is 2. The Balaban J connectivity index is 1.27. The molecule has 1 heterocycles. The molecule has 0 aliphatic heterocycles. The molecule has 4 aromatic rings. The van der Waals surface area contributed by atoms with Crippen LogP contribution in [0, 0.1) is 17.8 Å². The number of likely N-dealkylation sites (N-methyl/N-ethyl adjacent to an activating group) is 1. The van der Waals surface area contributed by atoms with Crippen LogP contribution in [0.2, 0.25) is 0 Å². The van der Waals surface area contributed by atoms with Crippen molar-refractivity contribution in [3.05, 3.63) is 112 Å². The minimum absolute atomic E-state index is 0.0152. The van der Waals surface area contributed by atoms with Gasteiger partial charge in [-0.2, -0.15) is 0 Å². The fraction of sp³-hybridized carbons (Fsp3) is 0.468. The van der Waals surface area contributed by atoms with Crippen molar-refractivity contribution in [3.8, 4) is 11.1 Å². The van der Waals surface area contributed by atoms with Crippen LogP contribution >= 0.6 is 11.3 Å². The topological polar surface area (TPSA) is 147 Å². The minimum Gasteiger partial charge on any atom is -0.481 e. The van der Waals surface area contributed by atoms with Crippen LogP contribution in [0.5, 0.6) is 0 Å². The van der Waals surface area contributed by atoms with E-state index in [1.807, 2.05) is 89.2 Å². The molecule has 3 aromatic carbocycles. The van der Waals surface area contributed by atoms with Crippen LogP contribution in [0.1, 0.15) is 111 Å². The summed E-state index contributed by atoms with van der Waals surface area (Å²) in [5, 5.41) is 17.9. The summed E-state index contributed by atoms with van der Waals surface area (Å²) in [5.74, 6) is -2.44. The van der Waals surface area contributed by atoms with E-state index in [9.17, 15) is 24.3 Å². The van der Waals surface area contributed by atoms with Gasteiger partial charge in [0.2, 0.25) is 5.91 Å². The monoisotopic (exact) mass is 824 g/mol. The van der Waals surface area contributed by atoms with E-state index in [-0.39, 0.29) is 54.3 Å². The van der Waals surface area contributed by atoms with Crippen LogP contribution in [-0.4, -0.2) is 77.3 Å². The number of aromatic nitrogens is 1. The molecule has 59 heavy (non-hydrogen) atoms. The number of nitrogens with zero attached hydrogens (tertiary/aromatic N) is 2. The van der Waals surface area contributed by atoms with Crippen LogP contribution in [0.4, 0.5) is 4.79 Å². The van der Waals surface area contributed by atoms with Crippen LogP contribution < -0.4 is 10.6 Å². The molecule has 316 valence electrons. The van der Waals surface area contributed by atoms with Crippen molar-refractivity contribution in [2.75, 3.05) is 20.3 Å². The Bertz CT molecular complexity index is 1970. The van der Waals surface area contributed by atoms with Crippen molar-refractivity contribution >= 4 is 35.2 Å². The highest BCUT2D eigenvalue weighted by Gasteiger charge is 2.36. The molecule has 1 aliphatic rings. The van der Waals surface area contributed by atoms with Crippen molar-refractivity contribution in [2.24, 2.45) is 17.8 Å². The van der Waals surface area contributed by atoms with Crippen molar-refractivity contribution < 1.29 is 33.8 Å². The van der Waals surface area contributed by atoms with Crippen molar-refractivity contribution in [2.45, 2.75) is 104 Å². The SMILES string of the molecule is CCCO[C@H](C[C@H](C(C)C)N(C)C(=O)[C@@H](NC(=O)OCC1c2ccccc2-c2ccccc21)[C@@H](C)CC)c1nc(C(=O)NC(Cc2ccccc2)CC(C)C(=O)O)cs1. The molecule has 0 saturated carbocycles. The maximum Gasteiger partial charge on any atom is 0.407 e. The van der Waals surface area contributed by atoms with Gasteiger partial charge in [0.1, 0.15) is 29.5 Å². The summed E-state index contributed by atoms with van der Waals surface area (Å²) < 4.78 is 12.2. The summed E-state index contributed by atoms with van der Waals surface area (Å²) in [6, 6.07) is 24.4. The van der Waals surface area contributed by atoms with E-state index in [0.29, 0.717) is 30.9 Å². The van der Waals surface area contributed by atoms with Crippen LogP contribution in [0.15, 0.2) is 84.2 Å². The van der Waals surface area contributed by atoms with E-state index in [1.165, 1.54) is 11.3 Å². The number of carboxylic acid groups (broad SMARTS) is 1. The number of hydrogen-bond donors (Lipinski definition) is 3. The number of fused-ring (bicyclic) bond motifs is 3. The predicted molar refractivity (Wildman–Crippen MR) is 231 cm³/mol. The smallest absolute Gasteiger partial charge is 0.407 e. The molecule has 6 atom stereocenters. The maximum absolute atomic E-state index is 14.4. The summed E-state index contributed by atoms with van der Waals surface area (Å²) in [6.45, 7) is 12.3. The molecular formula is C47H60N4O7S. The van der Waals surface area contributed by atoms with Gasteiger partial charge >= 0.3 is 12.1 Å². The second-order valence-electron chi connectivity index (χ2n) is 16.1. The quantitative estimate of drug-likeness (QED) is 0.0755. The highest BCUT2D eigenvalue weighted by molar-refractivity contribution is 7.09. The number of amides is 3. The molecule has 0 fully saturated rings. The number of carboxylic acids is 1. The number of carbonyl (C=O) groups excluding carboxylic acids is 3. The molecule has 0 bridgehead atoms. The number of benzene rings is 3. The molecule has 0 spiro atoms. The van der Waals surface area contributed by atoms with Gasteiger partial charge in [0.25, 0.3) is 5.91 Å². The lowest BCUT2D eigenvalue weighted by Gasteiger charge is -2.37. The first kappa shape index (κ1) is 45.0. The summed E-state index contributed by atoms with van der Waals surface area (Å²) in [5.41, 5.74) is 5.72. The highest BCUT2D eigenvalue weighted by atomic mass is 32.1. The average molecular weight is 825 g/mol. The number of rotatable bonds is 21. The fourth-order valence-corrected chi connectivity index (χ4v) is 8.71. The minimum atomic E-state index is -0.921. The molecule has 12 heteroatoms. The molecule has 0 radical (unpaired) electrons. The number of thiazole rings is 1. The molecular weight excluding hydrogens is 765 g/mol. The molecule has 5 rings (SSSR count). The van der Waals surface area contributed by atoms with Gasteiger partial charge in [-0.15, -0.1) is 11.3 Å². The van der Waals surface area contributed by atoms with E-state index < -0.39 is 36.2 Å². The number of aliphatic carboxylic acids is 1. The average Bonchev–Trinajstić information content (AvgIpc) is 3.85. The van der Waals surface area contributed by atoms with Gasteiger partial charge in [-0.05, 0) is 58.9 Å². The number of hydrogen-bond acceptors (Lipinski definition) is 8. The second kappa shape index (κ2) is 21.3. The number of alkyl carbamates (subject to hydrolysis) is 1. The van der Waals surface area contributed by atoms with Crippen molar-refractivity contribution in [3.63, 3.8) is 0 Å². The molecule has 1 aliphatic carbocycles. The van der Waals surface area contributed by atoms with Crippen LogP contribution in [0.3, 0.4) is 0 Å². The Hall–Kier alpha value is -5.07. The molecule has 2 unspecified atom stereocenters. The fourth-order valence-electron chi connectivity index (χ4n) is 7.85. The summed E-state index contributed by atoms with van der Waals surface area (Å²) in [6.07, 6.45) is 1.44. The lowest BCUT2D eigenvalue weighted by molar-refractivity contribution is -0.141. The third kappa shape index (κ3) is 11.6. The number of nitrogens with one attached hydrogen (secondary N) is 2. The molecule has 0 saturated heterocycles. The third-order valence-corrected chi connectivity index (χ3v) is 12.4. The van der Waals surface area contributed by atoms with E-state index in [2.05, 4.69) is 34.9 Å². The van der Waals surface area contributed by atoms with Gasteiger partial charge in [0, 0.05) is 43.5 Å². The van der Waals surface area contributed by atoms with E-state index >= 15 is 0 Å². The zero-order valence-electron chi connectivity index (χ0n) is 35.4. The Morgan fingerprint density at radius 3 is 2.08 bits per heavy atom. The van der Waals surface area contributed by atoms with Gasteiger partial charge < -0.3 is 30.1 Å². The van der Waals surface area contributed by atoms with E-state index in [0.717, 1.165) is 34.2 Å². The summed E-state index contributed by atoms with van der Waals surface area (Å²) >= 11 is 1.32. The summed E-state index contributed by atoms with van der Waals surface area (Å²) in [4.78, 5) is 59.7. The first-order valence-corrected chi connectivity index (χ1v) is 21.7.